The van der Waals surface area contributed by atoms with Gasteiger partial charge in [0.05, 0.1) is 6.61 Å². The third-order valence-corrected chi connectivity index (χ3v) is 5.58. The van der Waals surface area contributed by atoms with Crippen molar-refractivity contribution in [1.29, 1.82) is 0 Å². The molecule has 1 aromatic rings. The maximum Gasteiger partial charge on any atom is 0.119 e. The summed E-state index contributed by atoms with van der Waals surface area (Å²) in [5.41, 5.74) is 3.01. The highest BCUT2D eigenvalue weighted by molar-refractivity contribution is 5.36. The van der Waals surface area contributed by atoms with E-state index in [0.717, 1.165) is 25.2 Å². The van der Waals surface area contributed by atoms with Gasteiger partial charge < -0.3 is 14.5 Å². The maximum atomic E-state index is 6.04. The molecule has 1 saturated heterocycles. The van der Waals surface area contributed by atoms with Gasteiger partial charge in [0.25, 0.3) is 0 Å². The summed E-state index contributed by atoms with van der Waals surface area (Å²) in [5, 5.41) is 0. The molecule has 0 bridgehead atoms. The lowest BCUT2D eigenvalue weighted by atomic mass is 10.0. The number of likely N-dealkylation sites (tertiary alicyclic amines) is 1. The van der Waals surface area contributed by atoms with Crippen LogP contribution >= 0.6 is 0 Å². The first-order valence-electron chi connectivity index (χ1n) is 9.93. The summed E-state index contributed by atoms with van der Waals surface area (Å²) in [5.74, 6) is 1.06. The predicted molar refractivity (Wildman–Crippen MR) is 101 cm³/mol. The zero-order valence-electron chi connectivity index (χ0n) is 15.6. The van der Waals surface area contributed by atoms with Crippen molar-refractivity contribution >= 4 is 0 Å². The highest BCUT2D eigenvalue weighted by atomic mass is 16.5. The molecule has 0 amide bonds. The van der Waals surface area contributed by atoms with Gasteiger partial charge in [-0.05, 0) is 82.3 Å². The molecule has 3 rings (SSSR count). The van der Waals surface area contributed by atoms with E-state index < -0.39 is 0 Å². The second kappa shape index (κ2) is 8.87. The van der Waals surface area contributed by atoms with E-state index in [1.807, 2.05) is 0 Å². The Balaban J connectivity index is 1.46. The first kappa shape index (κ1) is 17.8. The molecular weight excluding hydrogens is 296 g/mol. The van der Waals surface area contributed by atoms with Gasteiger partial charge in [-0.25, -0.2) is 0 Å². The van der Waals surface area contributed by atoms with E-state index in [1.54, 1.807) is 0 Å². The molecule has 134 valence electrons. The topological polar surface area (TPSA) is 15.7 Å². The molecular formula is C21H34N2O. The Morgan fingerprint density at radius 2 is 1.71 bits per heavy atom. The first-order chi connectivity index (χ1) is 11.7. The molecule has 0 saturated carbocycles. The minimum absolute atomic E-state index is 0.643. The average Bonchev–Trinajstić information content (AvgIpc) is 2.82. The number of piperidine rings is 1. The zero-order chi connectivity index (χ0) is 16.8. The monoisotopic (exact) mass is 330 g/mol. The van der Waals surface area contributed by atoms with Crippen LogP contribution in [-0.4, -0.2) is 55.2 Å². The van der Waals surface area contributed by atoms with E-state index in [0.29, 0.717) is 6.04 Å². The van der Waals surface area contributed by atoms with Gasteiger partial charge in [-0.3, -0.25) is 0 Å². The standard InChI is InChI=1S/C21H34N2O/c1-18(2)23-14-9-19-7-8-21(17-20(19)10-15-23)24-16-6-13-22-11-4-3-5-12-22/h7-8,17-18H,3-6,9-16H2,1-2H3. The first-order valence-corrected chi connectivity index (χ1v) is 9.93. The number of rotatable bonds is 6. The normalized spacial score (nSPS) is 20.0. The fraction of sp³-hybridized carbons (Fsp3) is 0.714. The van der Waals surface area contributed by atoms with Crippen LogP contribution in [0.25, 0.3) is 0 Å². The van der Waals surface area contributed by atoms with Gasteiger partial charge >= 0.3 is 0 Å². The smallest absolute Gasteiger partial charge is 0.119 e. The molecule has 0 aliphatic carbocycles. The van der Waals surface area contributed by atoms with Crippen molar-refractivity contribution in [2.45, 2.75) is 58.4 Å². The van der Waals surface area contributed by atoms with Crippen LogP contribution in [0.4, 0.5) is 0 Å². The van der Waals surface area contributed by atoms with Gasteiger partial charge in [-0.2, -0.15) is 0 Å². The molecule has 0 unspecified atom stereocenters. The second-order valence-electron chi connectivity index (χ2n) is 7.66. The van der Waals surface area contributed by atoms with E-state index in [2.05, 4.69) is 41.8 Å². The van der Waals surface area contributed by atoms with Gasteiger partial charge in [0.2, 0.25) is 0 Å². The van der Waals surface area contributed by atoms with Crippen molar-refractivity contribution in [3.63, 3.8) is 0 Å². The van der Waals surface area contributed by atoms with E-state index in [-0.39, 0.29) is 0 Å². The fourth-order valence-corrected chi connectivity index (χ4v) is 3.99. The van der Waals surface area contributed by atoms with Crippen molar-refractivity contribution in [1.82, 2.24) is 9.80 Å². The molecule has 0 spiro atoms. The Hall–Kier alpha value is -1.06. The Labute approximate surface area is 148 Å². The highest BCUT2D eigenvalue weighted by Gasteiger charge is 2.16. The van der Waals surface area contributed by atoms with Crippen molar-refractivity contribution in [2.75, 3.05) is 39.3 Å². The van der Waals surface area contributed by atoms with E-state index >= 15 is 0 Å². The van der Waals surface area contributed by atoms with Crippen LogP contribution in [0.1, 0.15) is 50.7 Å². The predicted octanol–water partition coefficient (Wildman–Crippen LogP) is 3.75. The van der Waals surface area contributed by atoms with Gasteiger partial charge in [0.1, 0.15) is 5.75 Å². The van der Waals surface area contributed by atoms with Crippen molar-refractivity contribution in [3.05, 3.63) is 29.3 Å². The lowest BCUT2D eigenvalue weighted by Crippen LogP contribution is -2.32. The molecule has 2 aliphatic rings. The SMILES string of the molecule is CC(C)N1CCc2ccc(OCCCN3CCCCC3)cc2CC1. The summed E-state index contributed by atoms with van der Waals surface area (Å²) in [6.07, 6.45) is 7.62. The number of nitrogens with zero attached hydrogens (tertiary/aromatic N) is 2. The maximum absolute atomic E-state index is 6.04. The molecule has 24 heavy (non-hydrogen) atoms. The van der Waals surface area contributed by atoms with Crippen LogP contribution < -0.4 is 4.74 Å². The largest absolute Gasteiger partial charge is 0.494 e. The van der Waals surface area contributed by atoms with E-state index in [9.17, 15) is 0 Å². The number of hydrogen-bond donors (Lipinski definition) is 0. The van der Waals surface area contributed by atoms with Crippen molar-refractivity contribution in [2.24, 2.45) is 0 Å². The van der Waals surface area contributed by atoms with Gasteiger partial charge in [0, 0.05) is 25.7 Å². The Kier molecular flexibility index (Phi) is 6.56. The number of benzene rings is 1. The van der Waals surface area contributed by atoms with Gasteiger partial charge in [-0.15, -0.1) is 0 Å². The summed E-state index contributed by atoms with van der Waals surface area (Å²) < 4.78 is 6.04. The molecule has 2 aliphatic heterocycles. The molecule has 0 N–H and O–H groups in total. The second-order valence-corrected chi connectivity index (χ2v) is 7.66. The number of ether oxygens (including phenoxy) is 1. The number of fused-ring (bicyclic) bond motifs is 1. The Morgan fingerprint density at radius 3 is 2.46 bits per heavy atom. The molecule has 3 nitrogen and oxygen atoms in total. The third-order valence-electron chi connectivity index (χ3n) is 5.58. The zero-order valence-corrected chi connectivity index (χ0v) is 15.6. The Morgan fingerprint density at radius 1 is 0.958 bits per heavy atom. The highest BCUT2D eigenvalue weighted by Crippen LogP contribution is 2.23. The molecule has 2 heterocycles. The van der Waals surface area contributed by atoms with Crippen LogP contribution in [0, 0.1) is 0 Å². The molecule has 1 aromatic carbocycles. The lowest BCUT2D eigenvalue weighted by Gasteiger charge is -2.26. The average molecular weight is 331 g/mol. The molecule has 3 heteroatoms. The Bertz CT molecular complexity index is 509. The quantitative estimate of drug-likeness (QED) is 0.739. The van der Waals surface area contributed by atoms with E-state index in [4.69, 9.17) is 4.74 Å². The number of hydrogen-bond acceptors (Lipinski definition) is 3. The summed E-state index contributed by atoms with van der Waals surface area (Å²) in [7, 11) is 0. The van der Waals surface area contributed by atoms with Crippen LogP contribution in [0.2, 0.25) is 0 Å². The summed E-state index contributed by atoms with van der Waals surface area (Å²) in [4.78, 5) is 5.17. The lowest BCUT2D eigenvalue weighted by molar-refractivity contribution is 0.205. The van der Waals surface area contributed by atoms with E-state index in [1.165, 1.54) is 69.5 Å². The minimum atomic E-state index is 0.643. The summed E-state index contributed by atoms with van der Waals surface area (Å²) in [6, 6.07) is 7.40. The third kappa shape index (κ3) is 4.97. The summed E-state index contributed by atoms with van der Waals surface area (Å²) >= 11 is 0. The van der Waals surface area contributed by atoms with Crippen LogP contribution in [0.15, 0.2) is 18.2 Å². The van der Waals surface area contributed by atoms with Crippen molar-refractivity contribution < 1.29 is 4.74 Å². The van der Waals surface area contributed by atoms with Crippen molar-refractivity contribution in [3.8, 4) is 5.75 Å². The molecule has 0 aromatic heterocycles. The van der Waals surface area contributed by atoms with Gasteiger partial charge in [-0.1, -0.05) is 12.5 Å². The fourth-order valence-electron chi connectivity index (χ4n) is 3.99. The van der Waals surface area contributed by atoms with Crippen LogP contribution in [-0.2, 0) is 12.8 Å². The van der Waals surface area contributed by atoms with Crippen LogP contribution in [0.3, 0.4) is 0 Å². The molecule has 0 radical (unpaired) electrons. The van der Waals surface area contributed by atoms with Crippen LogP contribution in [0.5, 0.6) is 5.75 Å². The minimum Gasteiger partial charge on any atom is -0.494 e. The molecule has 1 fully saturated rings. The summed E-state index contributed by atoms with van der Waals surface area (Å²) in [6.45, 7) is 11.5. The molecule has 0 atom stereocenters. The van der Waals surface area contributed by atoms with Gasteiger partial charge in [0.15, 0.2) is 0 Å².